The SMILES string of the molecule is O=C(O)/C=C/C(=O)O.OC1C(O)(CN2CCN(c3ccccc3)CC2)C12CCCCC2. The third kappa shape index (κ3) is 5.26. The Labute approximate surface area is 182 Å². The predicted octanol–water partition coefficient (Wildman–Crippen LogP) is 1.58. The molecule has 0 radical (unpaired) electrons. The first-order chi connectivity index (χ1) is 14.8. The van der Waals surface area contributed by atoms with E-state index in [2.05, 4.69) is 34.1 Å². The van der Waals surface area contributed by atoms with Gasteiger partial charge in [-0.25, -0.2) is 9.59 Å². The summed E-state index contributed by atoms with van der Waals surface area (Å²) in [6.07, 6.45) is 6.15. The number of aliphatic hydroxyl groups is 2. The van der Waals surface area contributed by atoms with E-state index >= 15 is 0 Å². The van der Waals surface area contributed by atoms with E-state index in [9.17, 15) is 19.8 Å². The molecule has 170 valence electrons. The Kier molecular flexibility index (Phi) is 7.35. The molecule has 8 heteroatoms. The van der Waals surface area contributed by atoms with E-state index < -0.39 is 23.6 Å². The molecular formula is C23H32N2O6. The standard InChI is InChI=1S/C19H28N2O2.C4H4O4/c22-17-18(9-5-2-6-10-18)19(17,23)15-20-11-13-21(14-12-20)16-7-3-1-4-8-16;5-3(6)1-2-4(7)8/h1,3-4,7-8,17,22-23H,2,5-6,9-15H2;1-2H,(H,5,6)(H,7,8)/b;2-1+. The van der Waals surface area contributed by atoms with Gasteiger partial charge in [0.2, 0.25) is 0 Å². The van der Waals surface area contributed by atoms with Gasteiger partial charge in [0, 0.05) is 56.0 Å². The summed E-state index contributed by atoms with van der Waals surface area (Å²) < 4.78 is 0. The van der Waals surface area contributed by atoms with Crippen molar-refractivity contribution in [2.75, 3.05) is 37.6 Å². The van der Waals surface area contributed by atoms with Crippen molar-refractivity contribution in [3.63, 3.8) is 0 Å². The number of carboxylic acids is 2. The Hall–Kier alpha value is -2.42. The van der Waals surface area contributed by atoms with Gasteiger partial charge in [-0.05, 0) is 25.0 Å². The molecule has 0 bridgehead atoms. The molecular weight excluding hydrogens is 400 g/mol. The summed E-state index contributed by atoms with van der Waals surface area (Å²) in [4.78, 5) is 23.8. The fraction of sp³-hybridized carbons (Fsp3) is 0.565. The molecule has 2 saturated carbocycles. The summed E-state index contributed by atoms with van der Waals surface area (Å²) in [6, 6.07) is 10.5. The smallest absolute Gasteiger partial charge is 0.328 e. The van der Waals surface area contributed by atoms with Crippen LogP contribution in [0.5, 0.6) is 0 Å². The highest BCUT2D eigenvalue weighted by molar-refractivity contribution is 5.89. The van der Waals surface area contributed by atoms with Crippen LogP contribution >= 0.6 is 0 Å². The van der Waals surface area contributed by atoms with Crippen LogP contribution in [0.4, 0.5) is 5.69 Å². The number of hydrogen-bond acceptors (Lipinski definition) is 6. The van der Waals surface area contributed by atoms with Crippen molar-refractivity contribution >= 4 is 17.6 Å². The molecule has 0 amide bonds. The molecule has 31 heavy (non-hydrogen) atoms. The van der Waals surface area contributed by atoms with E-state index in [1.54, 1.807) is 0 Å². The zero-order valence-corrected chi connectivity index (χ0v) is 17.7. The lowest BCUT2D eigenvalue weighted by Crippen LogP contribution is -2.50. The molecule has 4 N–H and O–H groups in total. The molecule has 4 rings (SSSR count). The second-order valence-electron chi connectivity index (χ2n) is 8.65. The van der Waals surface area contributed by atoms with Crippen molar-refractivity contribution in [1.82, 2.24) is 4.90 Å². The summed E-state index contributed by atoms with van der Waals surface area (Å²) in [5.74, 6) is -2.51. The fourth-order valence-corrected chi connectivity index (χ4v) is 5.04. The number of rotatable bonds is 5. The summed E-state index contributed by atoms with van der Waals surface area (Å²) >= 11 is 0. The number of piperazine rings is 1. The second kappa shape index (κ2) is 9.80. The quantitative estimate of drug-likeness (QED) is 0.518. The largest absolute Gasteiger partial charge is 0.478 e. The van der Waals surface area contributed by atoms with Crippen LogP contribution in [0.3, 0.4) is 0 Å². The van der Waals surface area contributed by atoms with Crippen LogP contribution in [0.2, 0.25) is 0 Å². The molecule has 2 aliphatic carbocycles. The average molecular weight is 433 g/mol. The summed E-state index contributed by atoms with van der Waals surface area (Å²) in [6.45, 7) is 4.53. The van der Waals surface area contributed by atoms with Gasteiger partial charge in [-0.2, -0.15) is 0 Å². The van der Waals surface area contributed by atoms with E-state index in [-0.39, 0.29) is 5.41 Å². The van der Waals surface area contributed by atoms with Crippen LogP contribution in [-0.2, 0) is 9.59 Å². The molecule has 3 fully saturated rings. The number of β-amino-alcohol motifs (C(OH)–C–C–N with tert-alkyl or cyclic N) is 1. The minimum atomic E-state index is -1.26. The lowest BCUT2D eigenvalue weighted by Gasteiger charge is -2.38. The molecule has 1 spiro atoms. The Balaban J connectivity index is 0.000000293. The van der Waals surface area contributed by atoms with Gasteiger partial charge in [0.1, 0.15) is 5.60 Å². The highest BCUT2D eigenvalue weighted by Crippen LogP contribution is 2.64. The van der Waals surface area contributed by atoms with Gasteiger partial charge in [-0.15, -0.1) is 0 Å². The van der Waals surface area contributed by atoms with E-state index in [1.807, 2.05) is 6.07 Å². The summed E-state index contributed by atoms with van der Waals surface area (Å²) in [5.41, 5.74) is 0.227. The number of hydrogen-bond donors (Lipinski definition) is 4. The molecule has 1 aromatic rings. The Morgan fingerprint density at radius 1 is 0.935 bits per heavy atom. The topological polar surface area (TPSA) is 122 Å². The van der Waals surface area contributed by atoms with Crippen molar-refractivity contribution in [3.8, 4) is 0 Å². The Bertz CT molecular complexity index is 769. The number of benzene rings is 1. The highest BCUT2D eigenvalue weighted by atomic mass is 16.4. The molecule has 1 aliphatic heterocycles. The lowest BCUT2D eigenvalue weighted by atomic mass is 9.83. The number of carbonyl (C=O) groups is 2. The zero-order chi connectivity index (χ0) is 22.5. The molecule has 1 heterocycles. The van der Waals surface area contributed by atoms with Crippen molar-refractivity contribution in [2.24, 2.45) is 5.41 Å². The van der Waals surface area contributed by atoms with Crippen molar-refractivity contribution < 1.29 is 30.0 Å². The normalized spacial score (nSPS) is 27.5. The number of aliphatic carboxylic acids is 2. The van der Waals surface area contributed by atoms with Gasteiger partial charge in [0.05, 0.1) is 6.10 Å². The van der Waals surface area contributed by atoms with Gasteiger partial charge in [0.25, 0.3) is 0 Å². The maximum absolute atomic E-state index is 11.0. The molecule has 3 aliphatic rings. The Morgan fingerprint density at radius 2 is 1.48 bits per heavy atom. The van der Waals surface area contributed by atoms with Crippen LogP contribution in [0.15, 0.2) is 42.5 Å². The monoisotopic (exact) mass is 432 g/mol. The van der Waals surface area contributed by atoms with E-state index in [4.69, 9.17) is 10.2 Å². The van der Waals surface area contributed by atoms with E-state index in [0.717, 1.165) is 51.9 Å². The molecule has 1 aromatic carbocycles. The first-order valence-electron chi connectivity index (χ1n) is 10.9. The molecule has 2 atom stereocenters. The maximum atomic E-state index is 11.0. The van der Waals surface area contributed by atoms with Crippen molar-refractivity contribution in [1.29, 1.82) is 0 Å². The van der Waals surface area contributed by atoms with Gasteiger partial charge in [-0.3, -0.25) is 4.90 Å². The van der Waals surface area contributed by atoms with Gasteiger partial charge >= 0.3 is 11.9 Å². The third-order valence-electron chi connectivity index (χ3n) is 6.83. The van der Waals surface area contributed by atoms with Gasteiger partial charge in [0.15, 0.2) is 0 Å². The first-order valence-corrected chi connectivity index (χ1v) is 10.9. The molecule has 1 saturated heterocycles. The Morgan fingerprint density at radius 3 is 2.00 bits per heavy atom. The molecule has 2 unspecified atom stereocenters. The number of carboxylic acid groups (broad SMARTS) is 2. The molecule has 8 nitrogen and oxygen atoms in total. The lowest BCUT2D eigenvalue weighted by molar-refractivity contribution is -0.134. The summed E-state index contributed by atoms with van der Waals surface area (Å²) in [5, 5.41) is 37.1. The van der Waals surface area contributed by atoms with Crippen LogP contribution in [-0.4, -0.2) is 81.7 Å². The van der Waals surface area contributed by atoms with Crippen LogP contribution in [0.1, 0.15) is 32.1 Å². The van der Waals surface area contributed by atoms with Gasteiger partial charge in [-0.1, -0.05) is 37.5 Å². The van der Waals surface area contributed by atoms with Crippen LogP contribution in [0.25, 0.3) is 0 Å². The molecule has 0 aromatic heterocycles. The zero-order valence-electron chi connectivity index (χ0n) is 17.7. The fourth-order valence-electron chi connectivity index (χ4n) is 5.04. The van der Waals surface area contributed by atoms with Crippen LogP contribution in [0, 0.1) is 5.41 Å². The number of nitrogens with zero attached hydrogens (tertiary/aromatic N) is 2. The van der Waals surface area contributed by atoms with E-state index in [0.29, 0.717) is 18.7 Å². The predicted molar refractivity (Wildman–Crippen MR) is 116 cm³/mol. The van der Waals surface area contributed by atoms with Crippen LogP contribution < -0.4 is 4.90 Å². The number of aliphatic hydroxyl groups excluding tert-OH is 1. The minimum Gasteiger partial charge on any atom is -0.478 e. The highest BCUT2D eigenvalue weighted by Gasteiger charge is 2.75. The summed E-state index contributed by atoms with van der Waals surface area (Å²) in [7, 11) is 0. The average Bonchev–Trinajstić information content (AvgIpc) is 3.20. The van der Waals surface area contributed by atoms with Gasteiger partial charge < -0.3 is 25.3 Å². The minimum absolute atomic E-state index is 0.193. The maximum Gasteiger partial charge on any atom is 0.328 e. The first kappa shape index (κ1) is 23.2. The third-order valence-corrected chi connectivity index (χ3v) is 6.83. The number of para-hydroxylation sites is 1. The van der Waals surface area contributed by atoms with Crippen molar-refractivity contribution in [3.05, 3.63) is 42.5 Å². The second-order valence-corrected chi connectivity index (χ2v) is 8.65. The van der Waals surface area contributed by atoms with E-state index in [1.165, 1.54) is 12.1 Å². The number of anilines is 1. The van der Waals surface area contributed by atoms with Crippen molar-refractivity contribution in [2.45, 2.75) is 43.8 Å².